The highest BCUT2D eigenvalue weighted by Crippen LogP contribution is 2.20. The largest absolute Gasteiger partial charge is 0.314 e. The Hall–Kier alpha value is -0.590. The van der Waals surface area contributed by atoms with E-state index in [9.17, 15) is 0 Å². The molecule has 1 fully saturated rings. The first kappa shape index (κ1) is 9.50. The van der Waals surface area contributed by atoms with Crippen LogP contribution in [0.5, 0.6) is 0 Å². The van der Waals surface area contributed by atoms with E-state index in [4.69, 9.17) is 5.26 Å². The van der Waals surface area contributed by atoms with Gasteiger partial charge >= 0.3 is 0 Å². The van der Waals surface area contributed by atoms with Gasteiger partial charge < -0.3 is 5.32 Å². The predicted octanol–water partition coefficient (Wildman–Crippen LogP) is 0.584. The van der Waals surface area contributed by atoms with Crippen molar-refractivity contribution >= 4 is 0 Å². The molecule has 0 radical (unpaired) electrons. The van der Waals surface area contributed by atoms with E-state index in [-0.39, 0.29) is 0 Å². The zero-order valence-corrected chi connectivity index (χ0v) is 7.93. The molecular formula is C9H17N3. The minimum Gasteiger partial charge on any atom is -0.314 e. The van der Waals surface area contributed by atoms with Crippen molar-refractivity contribution in [2.24, 2.45) is 0 Å². The number of likely N-dealkylation sites (tertiary alicyclic amines) is 1. The highest BCUT2D eigenvalue weighted by atomic mass is 15.1. The topological polar surface area (TPSA) is 39.1 Å². The van der Waals surface area contributed by atoms with Crippen LogP contribution in [-0.2, 0) is 0 Å². The molecule has 1 heterocycles. The minimum atomic E-state index is 0.298. The Morgan fingerprint density at radius 1 is 1.50 bits per heavy atom. The second-order valence-corrected chi connectivity index (χ2v) is 3.74. The summed E-state index contributed by atoms with van der Waals surface area (Å²) in [6.45, 7) is 4.92. The van der Waals surface area contributed by atoms with E-state index in [0.717, 1.165) is 25.9 Å². The Kier molecular flexibility index (Phi) is 3.07. The highest BCUT2D eigenvalue weighted by molar-refractivity contribution is 4.90. The molecule has 0 bridgehead atoms. The van der Waals surface area contributed by atoms with Gasteiger partial charge in [0.2, 0.25) is 0 Å². The Bertz CT molecular complexity index is 175. The van der Waals surface area contributed by atoms with Crippen molar-refractivity contribution in [2.75, 3.05) is 26.7 Å². The maximum atomic E-state index is 8.50. The molecule has 1 N–H and O–H groups in total. The van der Waals surface area contributed by atoms with Crippen molar-refractivity contribution in [1.82, 2.24) is 10.2 Å². The average molecular weight is 167 g/mol. The highest BCUT2D eigenvalue weighted by Gasteiger charge is 2.27. The lowest BCUT2D eigenvalue weighted by Crippen LogP contribution is -2.49. The zero-order chi connectivity index (χ0) is 9.03. The van der Waals surface area contributed by atoms with Crippen LogP contribution in [0.2, 0.25) is 0 Å². The van der Waals surface area contributed by atoms with E-state index in [1.165, 1.54) is 0 Å². The molecule has 0 atom stereocenters. The summed E-state index contributed by atoms with van der Waals surface area (Å²) in [6.07, 6.45) is 2.29. The fraction of sp³-hybridized carbons (Fsp3) is 0.889. The number of nitriles is 1. The van der Waals surface area contributed by atoms with Gasteiger partial charge in [-0.15, -0.1) is 0 Å². The monoisotopic (exact) mass is 167 g/mol. The van der Waals surface area contributed by atoms with Gasteiger partial charge in [-0.3, -0.25) is 4.90 Å². The van der Waals surface area contributed by atoms with E-state index < -0.39 is 0 Å². The molecule has 1 rings (SSSR count). The SMILES string of the molecule is CNC1(C)CCN(CC#N)CC1. The smallest absolute Gasteiger partial charge is 0.0866 e. The molecule has 3 nitrogen and oxygen atoms in total. The van der Waals surface area contributed by atoms with E-state index in [0.29, 0.717) is 12.1 Å². The molecule has 0 unspecified atom stereocenters. The Morgan fingerprint density at radius 2 is 2.08 bits per heavy atom. The third kappa shape index (κ3) is 2.20. The van der Waals surface area contributed by atoms with Crippen LogP contribution in [0.3, 0.4) is 0 Å². The molecule has 12 heavy (non-hydrogen) atoms. The van der Waals surface area contributed by atoms with Gasteiger partial charge in [0.1, 0.15) is 0 Å². The van der Waals surface area contributed by atoms with Gasteiger partial charge in [-0.25, -0.2) is 0 Å². The molecule has 0 spiro atoms. The first-order valence-corrected chi connectivity index (χ1v) is 4.48. The lowest BCUT2D eigenvalue weighted by Gasteiger charge is -2.38. The first-order chi connectivity index (χ1) is 5.70. The van der Waals surface area contributed by atoms with E-state index in [1.807, 2.05) is 7.05 Å². The maximum absolute atomic E-state index is 8.50. The maximum Gasteiger partial charge on any atom is 0.0866 e. The van der Waals surface area contributed by atoms with E-state index in [2.05, 4.69) is 23.2 Å². The van der Waals surface area contributed by atoms with Crippen molar-refractivity contribution in [2.45, 2.75) is 25.3 Å². The van der Waals surface area contributed by atoms with Gasteiger partial charge in [0.05, 0.1) is 12.6 Å². The van der Waals surface area contributed by atoms with Crippen LogP contribution in [0, 0.1) is 11.3 Å². The third-order valence-electron chi connectivity index (χ3n) is 2.86. The zero-order valence-electron chi connectivity index (χ0n) is 7.93. The Balaban J connectivity index is 2.35. The number of hydrogen-bond acceptors (Lipinski definition) is 3. The van der Waals surface area contributed by atoms with Crippen molar-refractivity contribution in [3.05, 3.63) is 0 Å². The molecule has 0 saturated carbocycles. The lowest BCUT2D eigenvalue weighted by atomic mass is 9.90. The summed E-state index contributed by atoms with van der Waals surface area (Å²) >= 11 is 0. The molecule has 68 valence electrons. The van der Waals surface area contributed by atoms with Gasteiger partial charge in [0, 0.05) is 18.6 Å². The van der Waals surface area contributed by atoms with Crippen LogP contribution in [0.4, 0.5) is 0 Å². The normalized spacial score (nSPS) is 23.4. The number of nitrogens with zero attached hydrogens (tertiary/aromatic N) is 2. The Labute approximate surface area is 74.4 Å². The summed E-state index contributed by atoms with van der Waals surface area (Å²) in [5.41, 5.74) is 0.298. The number of rotatable bonds is 2. The summed E-state index contributed by atoms with van der Waals surface area (Å²) < 4.78 is 0. The van der Waals surface area contributed by atoms with Crippen molar-refractivity contribution in [1.29, 1.82) is 5.26 Å². The molecule has 0 aromatic carbocycles. The van der Waals surface area contributed by atoms with Gasteiger partial charge in [-0.2, -0.15) is 5.26 Å². The molecule has 1 saturated heterocycles. The molecule has 1 aliphatic heterocycles. The number of piperidine rings is 1. The summed E-state index contributed by atoms with van der Waals surface area (Å²) in [6, 6.07) is 2.19. The van der Waals surface area contributed by atoms with Gasteiger partial charge in [0.25, 0.3) is 0 Å². The predicted molar refractivity (Wildman–Crippen MR) is 48.8 cm³/mol. The van der Waals surface area contributed by atoms with Gasteiger partial charge in [0.15, 0.2) is 0 Å². The quantitative estimate of drug-likeness (QED) is 0.612. The fourth-order valence-electron chi connectivity index (χ4n) is 1.55. The molecule has 1 aliphatic rings. The average Bonchev–Trinajstić information content (AvgIpc) is 2.10. The van der Waals surface area contributed by atoms with E-state index >= 15 is 0 Å². The van der Waals surface area contributed by atoms with Gasteiger partial charge in [-0.1, -0.05) is 0 Å². The van der Waals surface area contributed by atoms with Crippen LogP contribution in [0.25, 0.3) is 0 Å². The molecule has 0 aromatic rings. The lowest BCUT2D eigenvalue weighted by molar-refractivity contribution is 0.166. The second-order valence-electron chi connectivity index (χ2n) is 3.74. The van der Waals surface area contributed by atoms with Crippen molar-refractivity contribution in [3.8, 4) is 6.07 Å². The molecule has 0 aliphatic carbocycles. The van der Waals surface area contributed by atoms with Crippen molar-refractivity contribution in [3.63, 3.8) is 0 Å². The Morgan fingerprint density at radius 3 is 2.50 bits per heavy atom. The van der Waals surface area contributed by atoms with E-state index in [1.54, 1.807) is 0 Å². The molecule has 0 amide bonds. The minimum absolute atomic E-state index is 0.298. The summed E-state index contributed by atoms with van der Waals surface area (Å²) in [5, 5.41) is 11.8. The third-order valence-corrected chi connectivity index (χ3v) is 2.86. The summed E-state index contributed by atoms with van der Waals surface area (Å²) in [7, 11) is 2.01. The fourth-order valence-corrected chi connectivity index (χ4v) is 1.55. The summed E-state index contributed by atoms with van der Waals surface area (Å²) in [4.78, 5) is 2.21. The van der Waals surface area contributed by atoms with Gasteiger partial charge in [-0.05, 0) is 26.8 Å². The summed E-state index contributed by atoms with van der Waals surface area (Å²) in [5.74, 6) is 0. The van der Waals surface area contributed by atoms with Crippen LogP contribution >= 0.6 is 0 Å². The van der Waals surface area contributed by atoms with Crippen LogP contribution in [-0.4, -0.2) is 37.1 Å². The first-order valence-electron chi connectivity index (χ1n) is 4.48. The van der Waals surface area contributed by atoms with Crippen LogP contribution < -0.4 is 5.32 Å². The van der Waals surface area contributed by atoms with Crippen LogP contribution in [0.1, 0.15) is 19.8 Å². The number of nitrogens with one attached hydrogen (secondary N) is 1. The molecular weight excluding hydrogens is 150 g/mol. The second kappa shape index (κ2) is 3.88. The molecule has 3 heteroatoms. The number of hydrogen-bond donors (Lipinski definition) is 1. The molecule has 0 aromatic heterocycles. The van der Waals surface area contributed by atoms with Crippen molar-refractivity contribution < 1.29 is 0 Å². The standard InChI is InChI=1S/C9H17N3/c1-9(11-2)3-6-12(7-4-9)8-5-10/h11H,3-4,6-8H2,1-2H3. The van der Waals surface area contributed by atoms with Crippen LogP contribution in [0.15, 0.2) is 0 Å².